The third-order valence-corrected chi connectivity index (χ3v) is 2.12. The van der Waals surface area contributed by atoms with Gasteiger partial charge in [-0.3, -0.25) is 0 Å². The number of alkyl halides is 1. The molecule has 0 aliphatic carbocycles. The van der Waals surface area contributed by atoms with Crippen LogP contribution >= 0.6 is 11.6 Å². The molecule has 1 atom stereocenters. The van der Waals surface area contributed by atoms with Gasteiger partial charge in [-0.05, 0) is 18.6 Å². The van der Waals surface area contributed by atoms with Gasteiger partial charge in [-0.25, -0.2) is 4.39 Å². The summed E-state index contributed by atoms with van der Waals surface area (Å²) in [5.74, 6) is 0.189. The van der Waals surface area contributed by atoms with Crippen LogP contribution in [-0.2, 0) is 0 Å². The van der Waals surface area contributed by atoms with E-state index in [4.69, 9.17) is 21.4 Å². The van der Waals surface area contributed by atoms with E-state index >= 15 is 0 Å². The predicted molar refractivity (Wildman–Crippen MR) is 53.4 cm³/mol. The summed E-state index contributed by atoms with van der Waals surface area (Å²) < 4.78 is 18.1. The summed E-state index contributed by atoms with van der Waals surface area (Å²) in [5, 5.41) is 9.09. The second kappa shape index (κ2) is 5.17. The summed E-state index contributed by atoms with van der Waals surface area (Å²) in [6, 6.07) is 4.56. The molecule has 0 radical (unpaired) electrons. The van der Waals surface area contributed by atoms with Gasteiger partial charge >= 0.3 is 0 Å². The second-order valence-electron chi connectivity index (χ2n) is 3.03. The van der Waals surface area contributed by atoms with E-state index in [0.29, 0.717) is 11.3 Å². The van der Waals surface area contributed by atoms with Crippen LogP contribution in [0, 0.1) is 12.7 Å². The first-order valence-electron chi connectivity index (χ1n) is 4.26. The lowest BCUT2D eigenvalue weighted by Gasteiger charge is -2.09. The molecule has 78 valence electrons. The lowest BCUT2D eigenvalue weighted by atomic mass is 10.2. The van der Waals surface area contributed by atoms with Crippen LogP contribution in [-0.4, -0.2) is 23.7 Å². The van der Waals surface area contributed by atoms with E-state index in [0.717, 1.165) is 0 Å². The molecular formula is C10H12ClFO2. The Labute approximate surface area is 87.3 Å². The van der Waals surface area contributed by atoms with Crippen LogP contribution in [0.1, 0.15) is 5.56 Å². The number of aliphatic hydroxyl groups is 1. The van der Waals surface area contributed by atoms with Crippen molar-refractivity contribution in [2.24, 2.45) is 0 Å². The molecule has 0 aliphatic heterocycles. The van der Waals surface area contributed by atoms with Gasteiger partial charge < -0.3 is 9.84 Å². The van der Waals surface area contributed by atoms with E-state index < -0.39 is 6.10 Å². The van der Waals surface area contributed by atoms with Crippen LogP contribution in [0.2, 0.25) is 0 Å². The first kappa shape index (κ1) is 11.3. The first-order valence-corrected chi connectivity index (χ1v) is 4.80. The Kier molecular flexibility index (Phi) is 4.17. The van der Waals surface area contributed by atoms with Crippen molar-refractivity contribution in [3.05, 3.63) is 29.6 Å². The molecule has 1 unspecified atom stereocenters. The third kappa shape index (κ3) is 3.16. The predicted octanol–water partition coefficient (Wildman–Crippen LogP) is 2.11. The normalized spacial score (nSPS) is 12.6. The number of rotatable bonds is 4. The average molecular weight is 219 g/mol. The van der Waals surface area contributed by atoms with E-state index in [9.17, 15) is 4.39 Å². The van der Waals surface area contributed by atoms with Gasteiger partial charge in [0.2, 0.25) is 0 Å². The number of benzene rings is 1. The highest BCUT2D eigenvalue weighted by molar-refractivity contribution is 6.18. The number of ether oxygens (including phenoxy) is 1. The van der Waals surface area contributed by atoms with Crippen molar-refractivity contribution < 1.29 is 14.2 Å². The van der Waals surface area contributed by atoms with Gasteiger partial charge in [0.05, 0.1) is 5.88 Å². The van der Waals surface area contributed by atoms with Crippen molar-refractivity contribution in [3.63, 3.8) is 0 Å². The van der Waals surface area contributed by atoms with Gasteiger partial charge in [0, 0.05) is 6.07 Å². The molecule has 0 heterocycles. The summed E-state index contributed by atoms with van der Waals surface area (Å²) >= 11 is 5.37. The Bertz CT molecular complexity index is 304. The van der Waals surface area contributed by atoms with Crippen molar-refractivity contribution >= 4 is 11.6 Å². The fourth-order valence-electron chi connectivity index (χ4n) is 0.900. The topological polar surface area (TPSA) is 29.5 Å². The van der Waals surface area contributed by atoms with E-state index in [1.807, 2.05) is 0 Å². The maximum absolute atomic E-state index is 13.0. The summed E-state index contributed by atoms with van der Waals surface area (Å²) in [6.45, 7) is 1.75. The number of aliphatic hydroxyl groups excluding tert-OH is 1. The first-order chi connectivity index (χ1) is 6.63. The molecule has 0 amide bonds. The largest absolute Gasteiger partial charge is 0.491 e. The molecule has 14 heavy (non-hydrogen) atoms. The molecule has 1 N–H and O–H groups in total. The minimum atomic E-state index is -0.721. The van der Waals surface area contributed by atoms with Crippen molar-refractivity contribution in [1.29, 1.82) is 0 Å². The average Bonchev–Trinajstić information content (AvgIpc) is 2.19. The van der Waals surface area contributed by atoms with Crippen molar-refractivity contribution in [2.75, 3.05) is 12.5 Å². The van der Waals surface area contributed by atoms with Gasteiger partial charge in [-0.2, -0.15) is 0 Å². The maximum Gasteiger partial charge on any atom is 0.129 e. The van der Waals surface area contributed by atoms with Gasteiger partial charge in [0.1, 0.15) is 24.3 Å². The van der Waals surface area contributed by atoms with Crippen LogP contribution in [0.4, 0.5) is 4.39 Å². The van der Waals surface area contributed by atoms with Crippen molar-refractivity contribution in [3.8, 4) is 5.75 Å². The molecule has 2 nitrogen and oxygen atoms in total. The zero-order valence-corrected chi connectivity index (χ0v) is 8.59. The fraction of sp³-hybridized carbons (Fsp3) is 0.400. The quantitative estimate of drug-likeness (QED) is 0.785. The lowest BCUT2D eigenvalue weighted by Crippen LogP contribution is -2.18. The van der Waals surface area contributed by atoms with E-state index in [-0.39, 0.29) is 18.3 Å². The molecule has 0 bridgehead atoms. The second-order valence-corrected chi connectivity index (χ2v) is 3.34. The van der Waals surface area contributed by atoms with Gasteiger partial charge in [-0.15, -0.1) is 11.6 Å². The highest BCUT2D eigenvalue weighted by atomic mass is 35.5. The van der Waals surface area contributed by atoms with E-state index in [1.54, 1.807) is 19.1 Å². The Hall–Kier alpha value is -0.800. The third-order valence-electron chi connectivity index (χ3n) is 1.76. The smallest absolute Gasteiger partial charge is 0.129 e. The van der Waals surface area contributed by atoms with Crippen molar-refractivity contribution in [2.45, 2.75) is 13.0 Å². The number of aryl methyl sites for hydroxylation is 1. The molecule has 0 saturated heterocycles. The van der Waals surface area contributed by atoms with Crippen LogP contribution in [0.5, 0.6) is 5.75 Å². The molecule has 1 rings (SSSR count). The standard InChI is InChI=1S/C10H12ClFO2/c1-7-2-3-9(4-10(7)12)14-6-8(13)5-11/h2-4,8,13H,5-6H2,1H3. The molecule has 0 aliphatic rings. The Morgan fingerprint density at radius 3 is 2.86 bits per heavy atom. The molecule has 1 aromatic rings. The molecular weight excluding hydrogens is 207 g/mol. The number of halogens is 2. The molecule has 4 heteroatoms. The van der Waals surface area contributed by atoms with Crippen LogP contribution in [0.25, 0.3) is 0 Å². The Morgan fingerprint density at radius 1 is 1.57 bits per heavy atom. The Morgan fingerprint density at radius 2 is 2.29 bits per heavy atom. The Balaban J connectivity index is 2.55. The number of hydrogen-bond acceptors (Lipinski definition) is 2. The van der Waals surface area contributed by atoms with Crippen LogP contribution < -0.4 is 4.74 Å². The molecule has 0 saturated carbocycles. The van der Waals surface area contributed by atoms with E-state index in [2.05, 4.69) is 0 Å². The van der Waals surface area contributed by atoms with Crippen LogP contribution in [0.3, 0.4) is 0 Å². The number of hydrogen-bond donors (Lipinski definition) is 1. The van der Waals surface area contributed by atoms with E-state index in [1.165, 1.54) is 6.07 Å². The summed E-state index contributed by atoms with van der Waals surface area (Å²) in [6.07, 6.45) is -0.721. The highest BCUT2D eigenvalue weighted by Gasteiger charge is 2.04. The fourth-order valence-corrected chi connectivity index (χ4v) is 0.989. The molecule has 0 aromatic heterocycles. The summed E-state index contributed by atoms with van der Waals surface area (Å²) in [5.41, 5.74) is 0.565. The maximum atomic E-state index is 13.0. The summed E-state index contributed by atoms with van der Waals surface area (Å²) in [7, 11) is 0. The van der Waals surface area contributed by atoms with Gasteiger partial charge in [-0.1, -0.05) is 6.07 Å². The molecule has 0 spiro atoms. The zero-order valence-electron chi connectivity index (χ0n) is 7.84. The van der Waals surface area contributed by atoms with Gasteiger partial charge in [0.15, 0.2) is 0 Å². The molecule has 1 aromatic carbocycles. The minimum absolute atomic E-state index is 0.0754. The zero-order chi connectivity index (χ0) is 10.6. The van der Waals surface area contributed by atoms with Crippen molar-refractivity contribution in [1.82, 2.24) is 0 Å². The molecule has 0 fully saturated rings. The monoisotopic (exact) mass is 218 g/mol. The van der Waals surface area contributed by atoms with Crippen LogP contribution in [0.15, 0.2) is 18.2 Å². The minimum Gasteiger partial charge on any atom is -0.491 e. The SMILES string of the molecule is Cc1ccc(OCC(O)CCl)cc1F. The summed E-state index contributed by atoms with van der Waals surface area (Å²) in [4.78, 5) is 0. The lowest BCUT2D eigenvalue weighted by molar-refractivity contribution is 0.125. The highest BCUT2D eigenvalue weighted by Crippen LogP contribution is 2.15. The van der Waals surface area contributed by atoms with Gasteiger partial charge in [0.25, 0.3) is 0 Å².